The van der Waals surface area contributed by atoms with E-state index in [0.29, 0.717) is 21.4 Å². The van der Waals surface area contributed by atoms with E-state index in [2.05, 4.69) is 26.5 Å². The highest BCUT2D eigenvalue weighted by molar-refractivity contribution is 9.10. The van der Waals surface area contributed by atoms with Gasteiger partial charge >= 0.3 is 0 Å². The van der Waals surface area contributed by atoms with Crippen LogP contribution in [0.3, 0.4) is 0 Å². The van der Waals surface area contributed by atoms with Gasteiger partial charge in [0.25, 0.3) is 5.91 Å². The number of hydrazone groups is 1. The molecule has 0 aliphatic carbocycles. The molecule has 132 valence electrons. The fourth-order valence-electron chi connectivity index (χ4n) is 2.28. The quantitative estimate of drug-likeness (QED) is 0.414. The zero-order chi connectivity index (χ0) is 18.5. The summed E-state index contributed by atoms with van der Waals surface area (Å²) in [5, 5.41) is 6.96. The number of hydrogen-bond donors (Lipinski definition) is 1. The molecular weight excluding hydrogens is 439 g/mol. The first-order chi connectivity index (χ1) is 12.5. The van der Waals surface area contributed by atoms with Crippen molar-refractivity contribution in [3.05, 3.63) is 74.7 Å². The molecule has 0 radical (unpaired) electrons. The van der Waals surface area contributed by atoms with Crippen LogP contribution in [0.25, 0.3) is 10.8 Å². The summed E-state index contributed by atoms with van der Waals surface area (Å²) in [6.07, 6.45) is 1.45. The molecule has 1 amide bonds. The smallest absolute Gasteiger partial charge is 0.277 e. The van der Waals surface area contributed by atoms with Crippen molar-refractivity contribution in [2.24, 2.45) is 5.10 Å². The molecule has 1 N–H and O–H groups in total. The predicted molar refractivity (Wildman–Crippen MR) is 109 cm³/mol. The highest BCUT2D eigenvalue weighted by Gasteiger charge is 2.08. The molecule has 0 fully saturated rings. The summed E-state index contributed by atoms with van der Waals surface area (Å²) < 4.78 is 6.38. The Hall–Kier alpha value is -2.08. The van der Waals surface area contributed by atoms with Crippen LogP contribution in [0.2, 0.25) is 10.0 Å². The maximum Gasteiger partial charge on any atom is 0.277 e. The summed E-state index contributed by atoms with van der Waals surface area (Å²) in [4.78, 5) is 11.9. The van der Waals surface area contributed by atoms with Gasteiger partial charge in [-0.15, -0.1) is 0 Å². The Bertz CT molecular complexity index is 992. The lowest BCUT2D eigenvalue weighted by atomic mass is 10.1. The first kappa shape index (κ1) is 18.7. The number of nitrogens with zero attached hydrogens (tertiary/aromatic N) is 1. The molecule has 0 aromatic heterocycles. The molecule has 0 bridgehead atoms. The van der Waals surface area contributed by atoms with Crippen LogP contribution in [-0.2, 0) is 4.79 Å². The van der Waals surface area contributed by atoms with E-state index >= 15 is 0 Å². The minimum Gasteiger partial charge on any atom is -0.483 e. The van der Waals surface area contributed by atoms with Gasteiger partial charge in [-0.1, -0.05) is 59.6 Å². The molecule has 7 heteroatoms. The molecular formula is C19H13BrCl2N2O2. The summed E-state index contributed by atoms with van der Waals surface area (Å²) in [5.74, 6) is 0.204. The third kappa shape index (κ3) is 4.55. The van der Waals surface area contributed by atoms with E-state index in [1.165, 1.54) is 6.21 Å². The number of amides is 1. The van der Waals surface area contributed by atoms with Crippen molar-refractivity contribution in [1.29, 1.82) is 0 Å². The fraction of sp³-hybridized carbons (Fsp3) is 0.0526. The van der Waals surface area contributed by atoms with Crippen LogP contribution in [0, 0.1) is 0 Å². The molecule has 3 aromatic rings. The van der Waals surface area contributed by atoms with Gasteiger partial charge in [-0.3, -0.25) is 4.79 Å². The molecule has 26 heavy (non-hydrogen) atoms. The van der Waals surface area contributed by atoms with Crippen LogP contribution >= 0.6 is 39.1 Å². The Kier molecular flexibility index (Phi) is 6.14. The largest absolute Gasteiger partial charge is 0.483 e. The van der Waals surface area contributed by atoms with Crippen molar-refractivity contribution in [3.8, 4) is 5.75 Å². The fourth-order valence-corrected chi connectivity index (χ4v) is 3.35. The van der Waals surface area contributed by atoms with Gasteiger partial charge in [-0.25, -0.2) is 5.43 Å². The van der Waals surface area contributed by atoms with Gasteiger partial charge in [0.2, 0.25) is 0 Å². The zero-order valence-electron chi connectivity index (χ0n) is 13.4. The monoisotopic (exact) mass is 450 g/mol. The number of hydrogen-bond acceptors (Lipinski definition) is 3. The summed E-state index contributed by atoms with van der Waals surface area (Å²) in [5.41, 5.74) is 3.05. The van der Waals surface area contributed by atoms with Gasteiger partial charge in [0.15, 0.2) is 6.61 Å². The van der Waals surface area contributed by atoms with E-state index in [9.17, 15) is 4.79 Å². The molecule has 3 rings (SSSR count). The Balaban J connectivity index is 1.59. The minimum absolute atomic E-state index is 0.164. The number of benzene rings is 3. The lowest BCUT2D eigenvalue weighted by molar-refractivity contribution is -0.123. The van der Waals surface area contributed by atoms with E-state index in [-0.39, 0.29) is 12.5 Å². The van der Waals surface area contributed by atoms with Crippen LogP contribution in [0.4, 0.5) is 0 Å². The molecule has 3 aromatic carbocycles. The maximum atomic E-state index is 11.9. The number of fused-ring (bicyclic) bond motifs is 1. The second-order valence-electron chi connectivity index (χ2n) is 5.35. The van der Waals surface area contributed by atoms with Gasteiger partial charge < -0.3 is 4.74 Å². The van der Waals surface area contributed by atoms with Crippen molar-refractivity contribution in [2.75, 3.05) is 6.61 Å². The van der Waals surface area contributed by atoms with E-state index < -0.39 is 0 Å². The molecule has 0 saturated heterocycles. The molecule has 0 atom stereocenters. The van der Waals surface area contributed by atoms with Gasteiger partial charge in [-0.2, -0.15) is 5.10 Å². The summed E-state index contributed by atoms with van der Waals surface area (Å²) >= 11 is 15.4. The lowest BCUT2D eigenvalue weighted by Gasteiger charge is -2.09. The first-order valence-electron chi connectivity index (χ1n) is 7.61. The summed E-state index contributed by atoms with van der Waals surface area (Å²) in [7, 11) is 0. The van der Waals surface area contributed by atoms with E-state index in [1.54, 1.807) is 18.2 Å². The maximum absolute atomic E-state index is 11.9. The first-order valence-corrected chi connectivity index (χ1v) is 9.16. The average molecular weight is 452 g/mol. The zero-order valence-corrected chi connectivity index (χ0v) is 16.5. The topological polar surface area (TPSA) is 50.7 Å². The number of halogens is 3. The van der Waals surface area contributed by atoms with Crippen LogP contribution in [-0.4, -0.2) is 18.7 Å². The second kappa shape index (κ2) is 8.54. The number of rotatable bonds is 5. The highest BCUT2D eigenvalue weighted by atomic mass is 79.9. The number of carbonyl (C=O) groups excluding carboxylic acids is 1. The summed E-state index contributed by atoms with van der Waals surface area (Å²) in [6.45, 7) is -0.164. The van der Waals surface area contributed by atoms with Crippen molar-refractivity contribution in [2.45, 2.75) is 0 Å². The molecule has 0 saturated carbocycles. The van der Waals surface area contributed by atoms with E-state index in [4.69, 9.17) is 27.9 Å². The minimum atomic E-state index is -0.383. The number of nitrogens with one attached hydrogen (secondary N) is 1. The van der Waals surface area contributed by atoms with Crippen LogP contribution in [0.1, 0.15) is 5.56 Å². The van der Waals surface area contributed by atoms with Crippen molar-refractivity contribution >= 4 is 62.0 Å². The van der Waals surface area contributed by atoms with Crippen molar-refractivity contribution < 1.29 is 9.53 Å². The van der Waals surface area contributed by atoms with Gasteiger partial charge in [0.1, 0.15) is 5.75 Å². The van der Waals surface area contributed by atoms with Gasteiger partial charge in [-0.05, 0) is 44.9 Å². The third-order valence-corrected chi connectivity index (χ3v) is 4.92. The standard InChI is InChI=1S/C19H13BrCl2N2O2/c20-19-15-4-2-1-3-12(15)6-8-17(19)26-11-18(25)24-23-10-13-5-7-14(21)9-16(13)22/h1-10H,11H2,(H,24,25)/b23-10+. The molecule has 0 unspecified atom stereocenters. The Labute approximate surface area is 168 Å². The van der Waals surface area contributed by atoms with Crippen LogP contribution in [0.5, 0.6) is 5.75 Å². The number of carbonyl (C=O) groups is 1. The Morgan fingerprint density at radius 2 is 1.96 bits per heavy atom. The van der Waals surface area contributed by atoms with Crippen molar-refractivity contribution in [1.82, 2.24) is 5.43 Å². The summed E-state index contributed by atoms with van der Waals surface area (Å²) in [6, 6.07) is 16.7. The lowest BCUT2D eigenvalue weighted by Crippen LogP contribution is -2.24. The second-order valence-corrected chi connectivity index (χ2v) is 6.98. The van der Waals surface area contributed by atoms with Gasteiger partial charge in [0, 0.05) is 10.6 Å². The SMILES string of the molecule is O=C(COc1ccc2ccccc2c1Br)N/N=C/c1ccc(Cl)cc1Cl. The van der Waals surface area contributed by atoms with E-state index in [0.717, 1.165) is 15.2 Å². The molecule has 0 aliphatic rings. The van der Waals surface area contributed by atoms with Crippen LogP contribution < -0.4 is 10.2 Å². The average Bonchev–Trinajstić information content (AvgIpc) is 2.63. The van der Waals surface area contributed by atoms with E-state index in [1.807, 2.05) is 36.4 Å². The Morgan fingerprint density at radius 3 is 2.77 bits per heavy atom. The van der Waals surface area contributed by atoms with Crippen molar-refractivity contribution in [3.63, 3.8) is 0 Å². The highest BCUT2D eigenvalue weighted by Crippen LogP contribution is 2.32. The Morgan fingerprint density at radius 1 is 1.15 bits per heavy atom. The molecule has 0 spiro atoms. The predicted octanol–water partition coefficient (Wildman–Crippen LogP) is 5.44. The number of ether oxygens (including phenoxy) is 1. The molecule has 0 heterocycles. The van der Waals surface area contributed by atoms with Gasteiger partial charge in [0.05, 0.1) is 15.7 Å². The molecule has 0 aliphatic heterocycles. The normalized spacial score (nSPS) is 11.0. The van der Waals surface area contributed by atoms with Crippen LogP contribution in [0.15, 0.2) is 64.2 Å². The molecule has 4 nitrogen and oxygen atoms in total. The third-order valence-electron chi connectivity index (χ3n) is 3.54.